The molecule has 2 heteroatoms. The minimum Gasteiger partial charge on any atom is -0.508 e. The van der Waals surface area contributed by atoms with Crippen LogP contribution in [0.15, 0.2) is 36.4 Å². The molecule has 0 bridgehead atoms. The molecule has 0 radical (unpaired) electrons. The summed E-state index contributed by atoms with van der Waals surface area (Å²) < 4.78 is 5.72. The topological polar surface area (TPSA) is 29.5 Å². The van der Waals surface area contributed by atoms with Crippen molar-refractivity contribution in [1.29, 1.82) is 0 Å². The molecule has 0 fully saturated rings. The lowest BCUT2D eigenvalue weighted by atomic mass is 10.1. The van der Waals surface area contributed by atoms with Crippen molar-refractivity contribution in [3.8, 4) is 5.75 Å². The quantitative estimate of drug-likeness (QED) is 0.192. The van der Waals surface area contributed by atoms with Gasteiger partial charge in [0, 0.05) is 6.61 Å². The highest BCUT2D eigenvalue weighted by Crippen LogP contribution is 2.11. The van der Waals surface area contributed by atoms with E-state index >= 15 is 0 Å². The molecule has 0 amide bonds. The summed E-state index contributed by atoms with van der Waals surface area (Å²) in [5, 5.41) is 9.26. The van der Waals surface area contributed by atoms with Gasteiger partial charge in [-0.05, 0) is 56.2 Å². The van der Waals surface area contributed by atoms with E-state index in [4.69, 9.17) is 4.74 Å². The first-order valence-electron chi connectivity index (χ1n) is 11.8. The van der Waals surface area contributed by atoms with E-state index < -0.39 is 0 Å². The summed E-state index contributed by atoms with van der Waals surface area (Å²) in [6, 6.07) is 7.40. The van der Waals surface area contributed by atoms with Crippen molar-refractivity contribution in [2.75, 3.05) is 13.2 Å². The van der Waals surface area contributed by atoms with Crippen LogP contribution in [-0.4, -0.2) is 18.3 Å². The molecule has 0 aliphatic heterocycles. The summed E-state index contributed by atoms with van der Waals surface area (Å²) in [4.78, 5) is 0. The SMILES string of the molecule is CCCCCCCC/C=C\CCCCCCCCOCCc1ccc(O)cc1. The second-order valence-electron chi connectivity index (χ2n) is 7.97. The van der Waals surface area contributed by atoms with Gasteiger partial charge in [-0.25, -0.2) is 0 Å². The average molecular weight is 389 g/mol. The molecule has 0 saturated carbocycles. The number of hydrogen-bond acceptors (Lipinski definition) is 2. The second kappa shape index (κ2) is 19.1. The lowest BCUT2D eigenvalue weighted by molar-refractivity contribution is 0.133. The lowest BCUT2D eigenvalue weighted by Crippen LogP contribution is -2.00. The maximum atomic E-state index is 9.26. The molecule has 0 spiro atoms. The molecule has 1 N–H and O–H groups in total. The van der Waals surface area contributed by atoms with Gasteiger partial charge in [0.2, 0.25) is 0 Å². The molecule has 0 heterocycles. The zero-order chi connectivity index (χ0) is 20.1. The number of aromatic hydroxyl groups is 1. The predicted molar refractivity (Wildman–Crippen MR) is 122 cm³/mol. The third-order valence-electron chi connectivity index (χ3n) is 5.27. The van der Waals surface area contributed by atoms with E-state index in [1.165, 1.54) is 95.5 Å². The van der Waals surface area contributed by atoms with E-state index in [9.17, 15) is 5.11 Å². The number of benzene rings is 1. The highest BCUT2D eigenvalue weighted by molar-refractivity contribution is 5.25. The summed E-state index contributed by atoms with van der Waals surface area (Å²) in [7, 11) is 0. The Morgan fingerprint density at radius 3 is 1.82 bits per heavy atom. The van der Waals surface area contributed by atoms with E-state index in [2.05, 4.69) is 19.1 Å². The minimum absolute atomic E-state index is 0.328. The Hall–Kier alpha value is -1.28. The molecule has 1 rings (SSSR count). The fourth-order valence-corrected chi connectivity index (χ4v) is 3.41. The Kier molecular flexibility index (Phi) is 16.8. The van der Waals surface area contributed by atoms with Crippen LogP contribution in [-0.2, 0) is 11.2 Å². The van der Waals surface area contributed by atoms with E-state index in [0.717, 1.165) is 19.6 Å². The molecule has 0 saturated heterocycles. The van der Waals surface area contributed by atoms with Gasteiger partial charge in [-0.1, -0.05) is 89.0 Å². The maximum absolute atomic E-state index is 9.26. The van der Waals surface area contributed by atoms with Gasteiger partial charge in [-0.2, -0.15) is 0 Å². The molecule has 0 aromatic heterocycles. The summed E-state index contributed by atoms with van der Waals surface area (Å²) in [6.45, 7) is 3.93. The Labute approximate surface area is 174 Å². The van der Waals surface area contributed by atoms with Gasteiger partial charge < -0.3 is 9.84 Å². The number of rotatable bonds is 19. The van der Waals surface area contributed by atoms with Gasteiger partial charge in [0.15, 0.2) is 0 Å². The van der Waals surface area contributed by atoms with Crippen molar-refractivity contribution in [3.63, 3.8) is 0 Å². The molecule has 1 aromatic rings. The zero-order valence-corrected chi connectivity index (χ0v) is 18.3. The van der Waals surface area contributed by atoms with Crippen molar-refractivity contribution in [2.45, 2.75) is 103 Å². The maximum Gasteiger partial charge on any atom is 0.115 e. The van der Waals surface area contributed by atoms with Gasteiger partial charge in [0.1, 0.15) is 5.75 Å². The number of allylic oxidation sites excluding steroid dienone is 2. The molecule has 0 aliphatic rings. The third-order valence-corrected chi connectivity index (χ3v) is 5.27. The number of phenols is 1. The highest BCUT2D eigenvalue weighted by atomic mass is 16.5. The highest BCUT2D eigenvalue weighted by Gasteiger charge is 1.95. The number of unbranched alkanes of at least 4 members (excludes halogenated alkanes) is 12. The fourth-order valence-electron chi connectivity index (χ4n) is 3.41. The molecule has 0 unspecified atom stereocenters. The Morgan fingerprint density at radius 2 is 1.21 bits per heavy atom. The average Bonchev–Trinajstić information content (AvgIpc) is 2.71. The summed E-state index contributed by atoms with van der Waals surface area (Å²) >= 11 is 0. The van der Waals surface area contributed by atoms with Crippen molar-refractivity contribution in [1.82, 2.24) is 0 Å². The lowest BCUT2D eigenvalue weighted by Gasteiger charge is -2.05. The largest absolute Gasteiger partial charge is 0.508 e. The van der Waals surface area contributed by atoms with Crippen LogP contribution in [0, 0.1) is 0 Å². The molecule has 28 heavy (non-hydrogen) atoms. The minimum atomic E-state index is 0.328. The van der Waals surface area contributed by atoms with Crippen LogP contribution in [0.5, 0.6) is 5.75 Å². The molecule has 0 atom stereocenters. The first kappa shape index (κ1) is 24.8. The summed E-state index contributed by atoms with van der Waals surface area (Å²) in [5.41, 5.74) is 1.22. The van der Waals surface area contributed by atoms with Crippen LogP contribution in [0.4, 0.5) is 0 Å². The summed E-state index contributed by atoms with van der Waals surface area (Å²) in [5.74, 6) is 0.328. The van der Waals surface area contributed by atoms with Crippen LogP contribution in [0.3, 0.4) is 0 Å². The molecular weight excluding hydrogens is 344 g/mol. The fraction of sp³-hybridized carbons (Fsp3) is 0.692. The molecule has 2 nitrogen and oxygen atoms in total. The molecule has 160 valence electrons. The van der Waals surface area contributed by atoms with Gasteiger partial charge in [0.25, 0.3) is 0 Å². The molecule has 0 aliphatic carbocycles. The van der Waals surface area contributed by atoms with E-state index in [1.54, 1.807) is 12.1 Å². The smallest absolute Gasteiger partial charge is 0.115 e. The Morgan fingerprint density at radius 1 is 0.679 bits per heavy atom. The molecule has 1 aromatic carbocycles. The number of phenolic OH excluding ortho intramolecular Hbond substituents is 1. The van der Waals surface area contributed by atoms with E-state index in [1.807, 2.05) is 12.1 Å². The van der Waals surface area contributed by atoms with Crippen LogP contribution in [0.25, 0.3) is 0 Å². The van der Waals surface area contributed by atoms with Crippen molar-refractivity contribution < 1.29 is 9.84 Å². The van der Waals surface area contributed by atoms with Gasteiger partial charge >= 0.3 is 0 Å². The van der Waals surface area contributed by atoms with Gasteiger partial charge in [0.05, 0.1) is 6.61 Å². The first-order chi connectivity index (χ1) is 13.8. The van der Waals surface area contributed by atoms with Crippen molar-refractivity contribution in [2.24, 2.45) is 0 Å². The normalized spacial score (nSPS) is 11.5. The van der Waals surface area contributed by atoms with E-state index in [-0.39, 0.29) is 0 Å². The van der Waals surface area contributed by atoms with Gasteiger partial charge in [-0.3, -0.25) is 0 Å². The van der Waals surface area contributed by atoms with Crippen LogP contribution < -0.4 is 0 Å². The van der Waals surface area contributed by atoms with Crippen LogP contribution in [0.2, 0.25) is 0 Å². The zero-order valence-electron chi connectivity index (χ0n) is 18.3. The first-order valence-corrected chi connectivity index (χ1v) is 11.8. The molecular formula is C26H44O2. The monoisotopic (exact) mass is 388 g/mol. The predicted octanol–water partition coefficient (Wildman–Crippen LogP) is 7.99. The Balaban J connectivity index is 1.75. The summed E-state index contributed by atoms with van der Waals surface area (Å²) in [6.07, 6.45) is 24.5. The number of ether oxygens (including phenoxy) is 1. The van der Waals surface area contributed by atoms with Gasteiger partial charge in [-0.15, -0.1) is 0 Å². The second-order valence-corrected chi connectivity index (χ2v) is 7.97. The Bertz CT molecular complexity index is 464. The van der Waals surface area contributed by atoms with Crippen molar-refractivity contribution in [3.05, 3.63) is 42.0 Å². The van der Waals surface area contributed by atoms with Crippen molar-refractivity contribution >= 4 is 0 Å². The number of hydrogen-bond donors (Lipinski definition) is 1. The van der Waals surface area contributed by atoms with E-state index in [0.29, 0.717) is 5.75 Å². The standard InChI is InChI=1S/C26H44O2/c1-2-3-4-5-6-7-8-9-10-11-12-13-14-15-16-17-23-28-24-22-25-18-20-26(27)21-19-25/h9-10,18-21,27H,2-8,11-17,22-24H2,1H3/b10-9-. The third kappa shape index (κ3) is 15.7. The van der Waals surface area contributed by atoms with Crippen LogP contribution in [0.1, 0.15) is 102 Å². The van der Waals surface area contributed by atoms with Crippen LogP contribution >= 0.6 is 0 Å².